The number of sulfonamides is 1. The Hall–Kier alpha value is -1.11. The number of rotatable bonds is 7. The summed E-state index contributed by atoms with van der Waals surface area (Å²) in [6.45, 7) is 4.87. The van der Waals surface area contributed by atoms with Gasteiger partial charge in [0.1, 0.15) is 10.6 Å². The van der Waals surface area contributed by atoms with E-state index in [9.17, 15) is 13.5 Å². The SMILES string of the molecule is COCCN(CC(C)C)S(=O)(=O)c1ccccc1O. The first-order valence-electron chi connectivity index (χ1n) is 6.16. The highest BCUT2D eigenvalue weighted by Gasteiger charge is 2.27. The lowest BCUT2D eigenvalue weighted by Crippen LogP contribution is -2.36. The van der Waals surface area contributed by atoms with Gasteiger partial charge in [0.15, 0.2) is 0 Å². The van der Waals surface area contributed by atoms with Crippen LogP contribution in [0.4, 0.5) is 0 Å². The molecule has 0 atom stereocenters. The summed E-state index contributed by atoms with van der Waals surface area (Å²) in [5.41, 5.74) is 0. The molecule has 0 aliphatic rings. The zero-order chi connectivity index (χ0) is 14.5. The second-order valence-corrected chi connectivity index (χ2v) is 6.62. The van der Waals surface area contributed by atoms with Gasteiger partial charge in [-0.1, -0.05) is 26.0 Å². The molecule has 0 heterocycles. The Morgan fingerprint density at radius 1 is 1.32 bits per heavy atom. The monoisotopic (exact) mass is 287 g/mol. The second kappa shape index (κ2) is 6.88. The Morgan fingerprint density at radius 3 is 2.47 bits per heavy atom. The van der Waals surface area contributed by atoms with Crippen LogP contribution in [0.25, 0.3) is 0 Å². The van der Waals surface area contributed by atoms with Crippen molar-refractivity contribution in [3.05, 3.63) is 24.3 Å². The summed E-state index contributed by atoms with van der Waals surface area (Å²) in [6, 6.07) is 5.97. The minimum atomic E-state index is -3.70. The van der Waals surface area contributed by atoms with Gasteiger partial charge in [0, 0.05) is 20.2 Å². The van der Waals surface area contributed by atoms with E-state index in [0.717, 1.165) is 0 Å². The molecule has 1 N–H and O–H groups in total. The van der Waals surface area contributed by atoms with E-state index in [1.807, 2.05) is 13.8 Å². The van der Waals surface area contributed by atoms with Crippen LogP contribution in [0.5, 0.6) is 5.75 Å². The van der Waals surface area contributed by atoms with Gasteiger partial charge in [-0.05, 0) is 18.1 Å². The maximum Gasteiger partial charge on any atom is 0.246 e. The molecule has 0 aromatic heterocycles. The van der Waals surface area contributed by atoms with E-state index in [4.69, 9.17) is 4.74 Å². The van der Waals surface area contributed by atoms with Crippen LogP contribution in [0, 0.1) is 5.92 Å². The molecule has 0 amide bonds. The molecule has 1 aromatic carbocycles. The number of hydrogen-bond donors (Lipinski definition) is 1. The largest absolute Gasteiger partial charge is 0.507 e. The van der Waals surface area contributed by atoms with E-state index < -0.39 is 10.0 Å². The van der Waals surface area contributed by atoms with Crippen LogP contribution in [-0.4, -0.2) is 44.6 Å². The molecule has 108 valence electrons. The summed E-state index contributed by atoms with van der Waals surface area (Å²) in [7, 11) is -2.17. The molecule has 0 fully saturated rings. The van der Waals surface area contributed by atoms with Crippen molar-refractivity contribution >= 4 is 10.0 Å². The molecule has 6 heteroatoms. The molecule has 0 radical (unpaired) electrons. The Kier molecular flexibility index (Phi) is 5.78. The summed E-state index contributed by atoms with van der Waals surface area (Å²) < 4.78 is 31.3. The van der Waals surface area contributed by atoms with Crippen molar-refractivity contribution in [1.29, 1.82) is 0 Å². The standard InChI is InChI=1S/C13H21NO4S/c1-11(2)10-14(8-9-18-3)19(16,17)13-7-5-4-6-12(13)15/h4-7,11,15H,8-10H2,1-3H3. The number of aromatic hydroxyl groups is 1. The lowest BCUT2D eigenvalue weighted by Gasteiger charge is -2.24. The average molecular weight is 287 g/mol. The van der Waals surface area contributed by atoms with E-state index in [1.165, 1.54) is 23.5 Å². The minimum absolute atomic E-state index is 0.0632. The van der Waals surface area contributed by atoms with Crippen LogP contribution < -0.4 is 0 Å². The fourth-order valence-corrected chi connectivity index (χ4v) is 3.39. The summed E-state index contributed by atoms with van der Waals surface area (Å²) >= 11 is 0. The molecule has 19 heavy (non-hydrogen) atoms. The molecule has 1 rings (SSSR count). The Labute approximate surface area is 114 Å². The van der Waals surface area contributed by atoms with Gasteiger partial charge in [0.25, 0.3) is 0 Å². The van der Waals surface area contributed by atoms with E-state index >= 15 is 0 Å². The zero-order valence-electron chi connectivity index (χ0n) is 11.5. The van der Waals surface area contributed by atoms with Gasteiger partial charge in [-0.15, -0.1) is 0 Å². The Morgan fingerprint density at radius 2 is 1.95 bits per heavy atom. The normalized spacial score (nSPS) is 12.3. The second-order valence-electron chi connectivity index (χ2n) is 4.72. The highest BCUT2D eigenvalue weighted by Crippen LogP contribution is 2.25. The number of nitrogens with zero attached hydrogens (tertiary/aromatic N) is 1. The number of para-hydroxylation sites is 1. The minimum Gasteiger partial charge on any atom is -0.507 e. The average Bonchev–Trinajstić information content (AvgIpc) is 2.34. The van der Waals surface area contributed by atoms with Crippen molar-refractivity contribution in [3.63, 3.8) is 0 Å². The third kappa shape index (κ3) is 4.19. The van der Waals surface area contributed by atoms with Crippen molar-refractivity contribution in [2.75, 3.05) is 26.8 Å². The predicted molar refractivity (Wildman–Crippen MR) is 73.6 cm³/mol. The summed E-state index contributed by atoms with van der Waals surface area (Å²) in [6.07, 6.45) is 0. The topological polar surface area (TPSA) is 66.8 Å². The van der Waals surface area contributed by atoms with Crippen LogP contribution >= 0.6 is 0 Å². The molecule has 5 nitrogen and oxygen atoms in total. The van der Waals surface area contributed by atoms with Crippen LogP contribution in [-0.2, 0) is 14.8 Å². The highest BCUT2D eigenvalue weighted by molar-refractivity contribution is 7.89. The Bertz CT molecular complexity index is 499. The van der Waals surface area contributed by atoms with Crippen LogP contribution in [0.1, 0.15) is 13.8 Å². The quantitative estimate of drug-likeness (QED) is 0.828. The van der Waals surface area contributed by atoms with Crippen molar-refractivity contribution < 1.29 is 18.3 Å². The van der Waals surface area contributed by atoms with E-state index in [1.54, 1.807) is 12.1 Å². The molecule has 0 saturated carbocycles. The molecular formula is C13H21NO4S. The highest BCUT2D eigenvalue weighted by atomic mass is 32.2. The molecule has 0 bridgehead atoms. The molecule has 0 aliphatic heterocycles. The number of hydrogen-bond acceptors (Lipinski definition) is 4. The van der Waals surface area contributed by atoms with Crippen molar-refractivity contribution in [2.45, 2.75) is 18.7 Å². The van der Waals surface area contributed by atoms with Crippen LogP contribution in [0.15, 0.2) is 29.2 Å². The molecule has 0 unspecified atom stereocenters. The van der Waals surface area contributed by atoms with E-state index in [-0.39, 0.29) is 23.1 Å². The lowest BCUT2D eigenvalue weighted by molar-refractivity contribution is 0.175. The summed E-state index contributed by atoms with van der Waals surface area (Å²) in [5.74, 6) is -0.0360. The van der Waals surface area contributed by atoms with Crippen LogP contribution in [0.3, 0.4) is 0 Å². The number of phenolic OH excluding ortho intramolecular Hbond substituents is 1. The van der Waals surface area contributed by atoms with Gasteiger partial charge in [0.2, 0.25) is 10.0 Å². The van der Waals surface area contributed by atoms with E-state index in [0.29, 0.717) is 13.2 Å². The number of ether oxygens (including phenoxy) is 1. The van der Waals surface area contributed by atoms with Crippen molar-refractivity contribution in [3.8, 4) is 5.75 Å². The van der Waals surface area contributed by atoms with Gasteiger partial charge in [0.05, 0.1) is 6.61 Å². The predicted octanol–water partition coefficient (Wildman–Crippen LogP) is 1.69. The van der Waals surface area contributed by atoms with Gasteiger partial charge >= 0.3 is 0 Å². The third-order valence-electron chi connectivity index (χ3n) is 2.60. The first-order valence-corrected chi connectivity index (χ1v) is 7.60. The maximum atomic E-state index is 12.5. The number of benzene rings is 1. The van der Waals surface area contributed by atoms with Crippen molar-refractivity contribution in [2.24, 2.45) is 5.92 Å². The smallest absolute Gasteiger partial charge is 0.246 e. The number of phenols is 1. The molecule has 0 saturated heterocycles. The Balaban J connectivity index is 3.08. The van der Waals surface area contributed by atoms with Crippen LogP contribution in [0.2, 0.25) is 0 Å². The van der Waals surface area contributed by atoms with Gasteiger partial charge < -0.3 is 9.84 Å². The molecule has 0 aliphatic carbocycles. The first kappa shape index (κ1) is 15.9. The number of methoxy groups -OCH3 is 1. The van der Waals surface area contributed by atoms with Crippen molar-refractivity contribution in [1.82, 2.24) is 4.31 Å². The maximum absolute atomic E-state index is 12.5. The lowest BCUT2D eigenvalue weighted by atomic mass is 10.2. The van der Waals surface area contributed by atoms with Gasteiger partial charge in [-0.25, -0.2) is 8.42 Å². The first-order chi connectivity index (χ1) is 8.89. The molecule has 0 spiro atoms. The summed E-state index contributed by atoms with van der Waals surface area (Å²) in [5, 5.41) is 9.72. The van der Waals surface area contributed by atoms with Gasteiger partial charge in [-0.3, -0.25) is 0 Å². The molecule has 1 aromatic rings. The van der Waals surface area contributed by atoms with Gasteiger partial charge in [-0.2, -0.15) is 4.31 Å². The fourth-order valence-electron chi connectivity index (χ4n) is 1.72. The third-order valence-corrected chi connectivity index (χ3v) is 4.51. The van der Waals surface area contributed by atoms with E-state index in [2.05, 4.69) is 0 Å². The molecular weight excluding hydrogens is 266 g/mol. The zero-order valence-corrected chi connectivity index (χ0v) is 12.4. The summed E-state index contributed by atoms with van der Waals surface area (Å²) in [4.78, 5) is -0.0632. The fraction of sp³-hybridized carbons (Fsp3) is 0.538.